The van der Waals surface area contributed by atoms with Crippen molar-refractivity contribution in [3.05, 3.63) is 53.3 Å². The normalized spacial score (nSPS) is 12.6. The van der Waals surface area contributed by atoms with Crippen molar-refractivity contribution in [2.75, 3.05) is 23.8 Å². The van der Waals surface area contributed by atoms with Crippen LogP contribution in [0.2, 0.25) is 0 Å². The number of anilines is 2. The Bertz CT molecular complexity index is 755. The van der Waals surface area contributed by atoms with Gasteiger partial charge in [0.25, 0.3) is 0 Å². The van der Waals surface area contributed by atoms with Crippen LogP contribution in [0.25, 0.3) is 0 Å². The summed E-state index contributed by atoms with van der Waals surface area (Å²) in [6, 6.07) is 9.74. The van der Waals surface area contributed by atoms with E-state index in [1.165, 1.54) is 29.3 Å². The van der Waals surface area contributed by atoms with Gasteiger partial charge in [-0.25, -0.2) is 9.18 Å². The van der Waals surface area contributed by atoms with Crippen molar-refractivity contribution in [2.45, 2.75) is 19.9 Å². The Morgan fingerprint density at radius 2 is 1.88 bits per heavy atom. The molecule has 2 aromatic carbocycles. The van der Waals surface area contributed by atoms with Crippen LogP contribution in [0, 0.1) is 5.82 Å². The van der Waals surface area contributed by atoms with Crippen molar-refractivity contribution in [1.29, 1.82) is 0 Å². The number of carbonyl (C=O) groups is 1. The number of hydrogen-bond acceptors (Lipinski definition) is 3. The van der Waals surface area contributed by atoms with Crippen molar-refractivity contribution < 1.29 is 13.9 Å². The predicted molar refractivity (Wildman–Crippen MR) is 99.3 cm³/mol. The first-order valence-electron chi connectivity index (χ1n) is 7.98. The number of rotatable bonds is 4. The van der Waals surface area contributed by atoms with Crippen molar-refractivity contribution in [2.24, 2.45) is 0 Å². The molecule has 3 N–H and O–H groups in total. The zero-order chi connectivity index (χ0) is 16.9. The van der Waals surface area contributed by atoms with E-state index in [-0.39, 0.29) is 24.2 Å². The van der Waals surface area contributed by atoms with Gasteiger partial charge in [-0.05, 0) is 55.3 Å². The van der Waals surface area contributed by atoms with Gasteiger partial charge in [0.05, 0.1) is 6.61 Å². The average Bonchev–Trinajstić information content (AvgIpc) is 2.58. The minimum atomic E-state index is -0.453. The van der Waals surface area contributed by atoms with E-state index in [9.17, 15) is 9.18 Å². The Morgan fingerprint density at radius 1 is 1.16 bits per heavy atom. The second-order valence-corrected chi connectivity index (χ2v) is 5.57. The van der Waals surface area contributed by atoms with Crippen LogP contribution in [-0.2, 0) is 13.0 Å². The Labute approximate surface area is 152 Å². The second-order valence-electron chi connectivity index (χ2n) is 5.57. The minimum Gasteiger partial charge on any atom is -0.491 e. The third kappa shape index (κ3) is 4.84. The third-order valence-electron chi connectivity index (χ3n) is 3.84. The molecule has 0 aliphatic carbocycles. The van der Waals surface area contributed by atoms with Crippen molar-refractivity contribution in [3.8, 4) is 5.75 Å². The minimum absolute atomic E-state index is 0. The molecule has 0 unspecified atom stereocenters. The molecule has 0 saturated carbocycles. The van der Waals surface area contributed by atoms with Crippen LogP contribution in [0.4, 0.5) is 20.6 Å². The van der Waals surface area contributed by atoms with E-state index in [0.717, 1.165) is 25.2 Å². The van der Waals surface area contributed by atoms with E-state index < -0.39 is 5.82 Å². The molecule has 0 radical (unpaired) electrons. The number of amides is 2. The van der Waals surface area contributed by atoms with Gasteiger partial charge in [0.15, 0.2) is 11.6 Å². The van der Waals surface area contributed by atoms with Crippen molar-refractivity contribution >= 4 is 29.8 Å². The van der Waals surface area contributed by atoms with Gasteiger partial charge in [-0.1, -0.05) is 6.07 Å². The highest BCUT2D eigenvalue weighted by Gasteiger charge is 2.11. The number of carbonyl (C=O) groups excluding carboxylic acids is 1. The number of ether oxygens (including phenoxy) is 1. The van der Waals surface area contributed by atoms with E-state index >= 15 is 0 Å². The van der Waals surface area contributed by atoms with Gasteiger partial charge in [0, 0.05) is 24.0 Å². The zero-order valence-corrected chi connectivity index (χ0v) is 14.7. The summed E-state index contributed by atoms with van der Waals surface area (Å²) in [5.74, 6) is -0.331. The maximum atomic E-state index is 13.5. The highest BCUT2D eigenvalue weighted by molar-refractivity contribution is 5.99. The molecule has 134 valence electrons. The first-order chi connectivity index (χ1) is 11.7. The fourth-order valence-electron chi connectivity index (χ4n) is 2.70. The van der Waals surface area contributed by atoms with E-state index in [1.807, 2.05) is 18.2 Å². The molecular formula is C18H21ClFN3O2. The Balaban J connectivity index is 0.00000225. The monoisotopic (exact) mass is 365 g/mol. The lowest BCUT2D eigenvalue weighted by atomic mass is 10.0. The molecule has 1 heterocycles. The molecule has 25 heavy (non-hydrogen) atoms. The Hall–Kier alpha value is -2.31. The Kier molecular flexibility index (Phi) is 6.61. The summed E-state index contributed by atoms with van der Waals surface area (Å²) >= 11 is 0. The standard InChI is InChI=1S/C18H20FN3O2.ClH/c1-2-24-17-10-15(5-6-16(17)19)22-18(23)21-14-4-3-13-11-20-8-7-12(13)9-14;/h3-6,9-10,20H,2,7-8,11H2,1H3,(H2,21,22,23);1H. The summed E-state index contributed by atoms with van der Waals surface area (Å²) in [7, 11) is 0. The number of nitrogens with one attached hydrogen (secondary N) is 3. The van der Waals surface area contributed by atoms with Gasteiger partial charge < -0.3 is 20.7 Å². The zero-order valence-electron chi connectivity index (χ0n) is 13.9. The highest BCUT2D eigenvalue weighted by atomic mass is 35.5. The number of urea groups is 1. The molecule has 2 aromatic rings. The fourth-order valence-corrected chi connectivity index (χ4v) is 2.70. The summed E-state index contributed by atoms with van der Waals surface area (Å²) in [6.45, 7) is 3.93. The molecule has 7 heteroatoms. The van der Waals surface area contributed by atoms with Crippen molar-refractivity contribution in [1.82, 2.24) is 5.32 Å². The molecule has 0 fully saturated rings. The summed E-state index contributed by atoms with van der Waals surface area (Å²) in [5, 5.41) is 8.80. The molecular weight excluding hydrogens is 345 g/mol. The molecule has 1 aliphatic heterocycles. The average molecular weight is 366 g/mol. The molecule has 3 rings (SSSR count). The molecule has 1 aliphatic rings. The van der Waals surface area contributed by atoms with Crippen LogP contribution in [0.5, 0.6) is 5.75 Å². The summed E-state index contributed by atoms with van der Waals surface area (Å²) in [6.07, 6.45) is 0.947. The van der Waals surface area contributed by atoms with Crippen molar-refractivity contribution in [3.63, 3.8) is 0 Å². The highest BCUT2D eigenvalue weighted by Crippen LogP contribution is 2.23. The lowest BCUT2D eigenvalue weighted by Crippen LogP contribution is -2.24. The molecule has 0 bridgehead atoms. The number of fused-ring (bicyclic) bond motifs is 1. The maximum absolute atomic E-state index is 13.5. The number of benzene rings is 2. The van der Waals surface area contributed by atoms with Gasteiger partial charge >= 0.3 is 6.03 Å². The van der Waals surface area contributed by atoms with Gasteiger partial charge in [0.1, 0.15) is 0 Å². The van der Waals surface area contributed by atoms with E-state index in [1.54, 1.807) is 6.92 Å². The third-order valence-corrected chi connectivity index (χ3v) is 3.84. The topological polar surface area (TPSA) is 62.4 Å². The largest absolute Gasteiger partial charge is 0.491 e. The van der Waals surface area contributed by atoms with Crippen LogP contribution < -0.4 is 20.7 Å². The number of halogens is 2. The van der Waals surface area contributed by atoms with Crippen LogP contribution >= 0.6 is 12.4 Å². The molecule has 0 atom stereocenters. The van der Waals surface area contributed by atoms with Gasteiger partial charge in [-0.15, -0.1) is 12.4 Å². The molecule has 0 saturated heterocycles. The van der Waals surface area contributed by atoms with Crippen LogP contribution in [0.15, 0.2) is 36.4 Å². The van der Waals surface area contributed by atoms with Gasteiger partial charge in [0.2, 0.25) is 0 Å². The smallest absolute Gasteiger partial charge is 0.323 e. The van der Waals surface area contributed by atoms with Gasteiger partial charge in [-0.2, -0.15) is 0 Å². The second kappa shape index (κ2) is 8.69. The first kappa shape index (κ1) is 19.0. The van der Waals surface area contributed by atoms with E-state index in [4.69, 9.17) is 4.74 Å². The first-order valence-corrected chi connectivity index (χ1v) is 7.98. The van der Waals surface area contributed by atoms with E-state index in [0.29, 0.717) is 12.3 Å². The summed E-state index contributed by atoms with van der Waals surface area (Å²) in [5.41, 5.74) is 3.71. The summed E-state index contributed by atoms with van der Waals surface area (Å²) in [4.78, 5) is 12.1. The van der Waals surface area contributed by atoms with Crippen LogP contribution in [0.3, 0.4) is 0 Å². The Morgan fingerprint density at radius 3 is 2.64 bits per heavy atom. The predicted octanol–water partition coefficient (Wildman–Crippen LogP) is 3.94. The molecule has 0 aromatic heterocycles. The van der Waals surface area contributed by atoms with E-state index in [2.05, 4.69) is 16.0 Å². The van der Waals surface area contributed by atoms with Gasteiger partial charge in [-0.3, -0.25) is 0 Å². The lowest BCUT2D eigenvalue weighted by Gasteiger charge is -2.18. The molecule has 5 nitrogen and oxygen atoms in total. The summed E-state index contributed by atoms with van der Waals surface area (Å²) < 4.78 is 18.7. The van der Waals surface area contributed by atoms with Crippen LogP contribution in [-0.4, -0.2) is 19.2 Å². The van der Waals surface area contributed by atoms with Crippen LogP contribution in [0.1, 0.15) is 18.1 Å². The quantitative estimate of drug-likeness (QED) is 0.769. The molecule has 0 spiro atoms. The SMILES string of the molecule is CCOc1cc(NC(=O)Nc2ccc3c(c2)CCNC3)ccc1F.Cl. The molecule has 2 amide bonds. The lowest BCUT2D eigenvalue weighted by molar-refractivity contribution is 0.262. The number of hydrogen-bond donors (Lipinski definition) is 3. The maximum Gasteiger partial charge on any atom is 0.323 e. The fraction of sp³-hybridized carbons (Fsp3) is 0.278.